The van der Waals surface area contributed by atoms with E-state index in [1.165, 1.54) is 18.3 Å². The van der Waals surface area contributed by atoms with E-state index in [-0.39, 0.29) is 24.6 Å². The molecule has 0 saturated carbocycles. The summed E-state index contributed by atoms with van der Waals surface area (Å²) in [5.74, 6) is -0.745. The van der Waals surface area contributed by atoms with E-state index in [2.05, 4.69) is 14.4 Å². The molecule has 0 atom stereocenters. The van der Waals surface area contributed by atoms with Crippen molar-refractivity contribution in [1.29, 1.82) is 0 Å². The van der Waals surface area contributed by atoms with Crippen LogP contribution in [0.4, 0.5) is 35.2 Å². The minimum absolute atomic E-state index is 0.0535. The van der Waals surface area contributed by atoms with Crippen LogP contribution < -0.4 is 14.3 Å². The van der Waals surface area contributed by atoms with E-state index in [0.29, 0.717) is 28.3 Å². The third-order valence-electron chi connectivity index (χ3n) is 5.21. The van der Waals surface area contributed by atoms with Gasteiger partial charge in [-0.2, -0.15) is 21.6 Å². The summed E-state index contributed by atoms with van der Waals surface area (Å²) < 4.78 is 90.7. The van der Waals surface area contributed by atoms with Crippen molar-refractivity contribution in [2.75, 3.05) is 20.9 Å². The number of alkyl halides is 3. The van der Waals surface area contributed by atoms with Gasteiger partial charge in [0.1, 0.15) is 12.4 Å². The maximum Gasteiger partial charge on any atom is 0.501 e. The number of nitrogens with zero attached hydrogens (tertiary/aromatic N) is 3. The van der Waals surface area contributed by atoms with E-state index in [1.54, 1.807) is 30.3 Å². The number of benzene rings is 2. The third-order valence-corrected chi connectivity index (χ3v) is 7.69. The molecule has 0 spiro atoms. The molecule has 4 rings (SSSR count). The van der Waals surface area contributed by atoms with Gasteiger partial charge < -0.3 is 4.90 Å². The van der Waals surface area contributed by atoms with Crippen LogP contribution in [0.3, 0.4) is 0 Å². The number of hydrogen-bond donors (Lipinski definition) is 2. The molecule has 0 unspecified atom stereocenters. The Morgan fingerprint density at radius 3 is 2.18 bits per heavy atom. The Kier molecular flexibility index (Phi) is 7.03. The number of amides is 3. The van der Waals surface area contributed by atoms with Gasteiger partial charge >= 0.3 is 21.7 Å². The number of urea groups is 1. The predicted octanol–water partition coefficient (Wildman–Crippen LogP) is 3.11. The molecule has 38 heavy (non-hydrogen) atoms. The minimum Gasteiger partial charge on any atom is -0.310 e. The Labute approximate surface area is 215 Å². The van der Waals surface area contributed by atoms with Crippen LogP contribution in [0.2, 0.25) is 0 Å². The number of carbonyl (C=O) groups excluding carboxylic acids is 2. The second-order valence-corrected chi connectivity index (χ2v) is 11.3. The number of para-hydroxylation sites is 1. The second kappa shape index (κ2) is 9.94. The number of carbonyl (C=O) groups is 2. The van der Waals surface area contributed by atoms with Gasteiger partial charge in [0.2, 0.25) is 0 Å². The Bertz CT molecular complexity index is 1580. The first-order chi connectivity index (χ1) is 17.8. The Morgan fingerprint density at radius 1 is 0.895 bits per heavy atom. The molecular formula is C22H18F3N5O6S2. The lowest BCUT2D eigenvalue weighted by atomic mass is 10.2. The van der Waals surface area contributed by atoms with E-state index in [1.807, 2.05) is 0 Å². The van der Waals surface area contributed by atoms with Gasteiger partial charge in [0.05, 0.1) is 16.3 Å². The molecule has 3 amide bonds. The van der Waals surface area contributed by atoms with Gasteiger partial charge in [-0.1, -0.05) is 18.2 Å². The molecule has 0 aliphatic carbocycles. The predicted molar refractivity (Wildman–Crippen MR) is 130 cm³/mol. The summed E-state index contributed by atoms with van der Waals surface area (Å²) in [5, 5.41) is 0. The summed E-state index contributed by atoms with van der Waals surface area (Å²) in [4.78, 5) is 30.1. The van der Waals surface area contributed by atoms with Gasteiger partial charge in [-0.3, -0.25) is 14.2 Å². The van der Waals surface area contributed by atoms with Crippen LogP contribution in [-0.4, -0.2) is 50.7 Å². The van der Waals surface area contributed by atoms with E-state index >= 15 is 0 Å². The monoisotopic (exact) mass is 569 g/mol. The molecule has 1 fully saturated rings. The average molecular weight is 570 g/mol. The highest BCUT2D eigenvalue weighted by molar-refractivity contribution is 7.94. The first-order valence-corrected chi connectivity index (χ1v) is 13.6. The summed E-state index contributed by atoms with van der Waals surface area (Å²) >= 11 is 0. The van der Waals surface area contributed by atoms with Gasteiger partial charge in [-0.25, -0.2) is 23.1 Å². The number of sulfone groups is 1. The van der Waals surface area contributed by atoms with Crippen LogP contribution >= 0.6 is 0 Å². The topological polar surface area (TPSA) is 146 Å². The average Bonchev–Trinajstić information content (AvgIpc) is 3.11. The molecule has 2 heterocycles. The lowest BCUT2D eigenvalue weighted by Gasteiger charge is -2.18. The molecule has 1 aromatic heterocycles. The molecule has 2 N–H and O–H groups in total. The second-order valence-electron chi connectivity index (χ2n) is 7.93. The molecule has 3 aromatic rings. The van der Waals surface area contributed by atoms with E-state index in [4.69, 9.17) is 0 Å². The zero-order chi connectivity index (χ0) is 27.7. The molecule has 11 nitrogen and oxygen atoms in total. The Hall–Kier alpha value is -4.18. The summed E-state index contributed by atoms with van der Waals surface area (Å²) in [5.41, 5.74) is -4.87. The van der Waals surface area contributed by atoms with Crippen molar-refractivity contribution >= 4 is 49.2 Å². The fourth-order valence-corrected chi connectivity index (χ4v) is 5.16. The zero-order valence-corrected chi connectivity index (χ0v) is 20.7. The van der Waals surface area contributed by atoms with Crippen LogP contribution in [-0.2, 0) is 31.4 Å². The molecule has 200 valence electrons. The number of imide groups is 1. The Morgan fingerprint density at radius 2 is 1.55 bits per heavy atom. The van der Waals surface area contributed by atoms with Crippen molar-refractivity contribution in [3.05, 3.63) is 78.5 Å². The molecule has 1 aliphatic rings. The lowest BCUT2D eigenvalue weighted by Crippen LogP contribution is -2.33. The maximum absolute atomic E-state index is 12.9. The fraction of sp³-hybridized carbons (Fsp3) is 0.136. The molecular weight excluding hydrogens is 551 g/mol. The molecule has 1 aliphatic heterocycles. The first kappa shape index (κ1) is 26.9. The highest BCUT2D eigenvalue weighted by atomic mass is 32.2. The highest BCUT2D eigenvalue weighted by Gasteiger charge is 2.47. The number of pyridine rings is 1. The summed E-state index contributed by atoms with van der Waals surface area (Å²) in [6.07, 6.45) is 1.30. The van der Waals surface area contributed by atoms with Crippen LogP contribution in [0.25, 0.3) is 0 Å². The van der Waals surface area contributed by atoms with E-state index in [9.17, 15) is 39.6 Å². The summed E-state index contributed by atoms with van der Waals surface area (Å²) in [6, 6.07) is 13.3. The molecule has 16 heteroatoms. The SMILES string of the molecule is O=C1CN(Cc2ccnc(NS(=O)(=O)Nc3ccccc3)c2)C(=O)N1c1ccc(S(=O)(=O)C(F)(F)F)cc1. The van der Waals surface area contributed by atoms with Gasteiger partial charge in [0, 0.05) is 12.7 Å². The molecule has 0 bridgehead atoms. The van der Waals surface area contributed by atoms with Crippen molar-refractivity contribution in [1.82, 2.24) is 9.88 Å². The van der Waals surface area contributed by atoms with Crippen LogP contribution in [0.5, 0.6) is 0 Å². The summed E-state index contributed by atoms with van der Waals surface area (Å²) in [7, 11) is -9.63. The smallest absolute Gasteiger partial charge is 0.310 e. The van der Waals surface area contributed by atoms with Crippen molar-refractivity contribution in [2.24, 2.45) is 0 Å². The quantitative estimate of drug-likeness (QED) is 0.397. The van der Waals surface area contributed by atoms with Crippen molar-refractivity contribution < 1.29 is 39.6 Å². The van der Waals surface area contributed by atoms with Crippen molar-refractivity contribution in [3.63, 3.8) is 0 Å². The van der Waals surface area contributed by atoms with E-state index < -0.39 is 42.4 Å². The lowest BCUT2D eigenvalue weighted by molar-refractivity contribution is -0.116. The van der Waals surface area contributed by atoms with Crippen molar-refractivity contribution in [3.8, 4) is 0 Å². The molecule has 2 aromatic carbocycles. The van der Waals surface area contributed by atoms with Crippen LogP contribution in [0.1, 0.15) is 5.56 Å². The van der Waals surface area contributed by atoms with Crippen LogP contribution in [0, 0.1) is 0 Å². The third kappa shape index (κ3) is 5.70. The van der Waals surface area contributed by atoms with Gasteiger partial charge in [0.25, 0.3) is 15.7 Å². The molecule has 1 saturated heterocycles. The first-order valence-electron chi connectivity index (χ1n) is 10.6. The number of anilines is 3. The standard InChI is InChI=1S/C22H18F3N5O6S2/c23-22(24,25)37(33,34)18-8-6-17(7-9-18)30-20(31)14-29(21(30)32)13-15-10-11-26-19(12-15)28-38(35,36)27-16-4-2-1-3-5-16/h1-12,27H,13-14H2,(H,26,28). The maximum atomic E-state index is 12.9. The number of hydrogen-bond acceptors (Lipinski definition) is 7. The normalized spacial score (nSPS) is 14.6. The van der Waals surface area contributed by atoms with Gasteiger partial charge in [-0.05, 0) is 54.1 Å². The highest BCUT2D eigenvalue weighted by Crippen LogP contribution is 2.32. The summed E-state index contributed by atoms with van der Waals surface area (Å²) in [6.45, 7) is -0.495. The van der Waals surface area contributed by atoms with Crippen LogP contribution in [0.15, 0.2) is 77.8 Å². The van der Waals surface area contributed by atoms with Crippen molar-refractivity contribution in [2.45, 2.75) is 16.9 Å². The molecule has 0 radical (unpaired) electrons. The van der Waals surface area contributed by atoms with Gasteiger partial charge in [-0.15, -0.1) is 0 Å². The fourth-order valence-electron chi connectivity index (χ4n) is 3.51. The van der Waals surface area contributed by atoms with Gasteiger partial charge in [0.15, 0.2) is 0 Å². The zero-order valence-electron chi connectivity index (χ0n) is 19.1. The minimum atomic E-state index is -5.59. The number of rotatable bonds is 8. The number of halogens is 3. The number of aromatic nitrogens is 1. The van der Waals surface area contributed by atoms with E-state index in [0.717, 1.165) is 17.0 Å². The Balaban J connectivity index is 1.46. The largest absolute Gasteiger partial charge is 0.501 e. The number of nitrogens with one attached hydrogen (secondary N) is 2.